The molecule has 0 bridgehead atoms. The van der Waals surface area contributed by atoms with Crippen LogP contribution in [0.15, 0.2) is 4.79 Å². The number of carbonyl (C=O) groups excluding carboxylic acids is 3. The molecular weight excluding hydrogens is 292 g/mol. The number of hydrogen-bond donors (Lipinski definition) is 1. The molecule has 0 saturated carbocycles. The molecule has 0 aliphatic carbocycles. The van der Waals surface area contributed by atoms with Crippen molar-refractivity contribution in [2.75, 3.05) is 26.4 Å². The zero-order chi connectivity index (χ0) is 17.0. The molecule has 0 aliphatic rings. The number of aromatic nitrogens is 2. The van der Waals surface area contributed by atoms with Crippen molar-refractivity contribution in [3.63, 3.8) is 0 Å². The maximum Gasteiger partial charge on any atom is 0.360 e. The molecule has 0 spiro atoms. The third kappa shape index (κ3) is 3.48. The number of esters is 1. The van der Waals surface area contributed by atoms with Crippen LogP contribution in [0.1, 0.15) is 34.7 Å². The summed E-state index contributed by atoms with van der Waals surface area (Å²) in [6.45, 7) is 2.45. The van der Waals surface area contributed by atoms with Crippen molar-refractivity contribution in [2.45, 2.75) is 20.4 Å². The van der Waals surface area contributed by atoms with Crippen molar-refractivity contribution in [3.05, 3.63) is 21.6 Å². The van der Waals surface area contributed by atoms with Crippen LogP contribution in [0.4, 0.5) is 5.69 Å². The lowest BCUT2D eigenvalue weighted by atomic mass is 10.1. The smallest absolute Gasteiger partial charge is 0.360 e. The Labute approximate surface area is 126 Å². The Morgan fingerprint density at radius 2 is 1.91 bits per heavy atom. The van der Waals surface area contributed by atoms with Crippen molar-refractivity contribution in [1.29, 1.82) is 0 Å². The minimum Gasteiger partial charge on any atom is -0.451 e. The molecule has 0 aromatic carbocycles. The van der Waals surface area contributed by atoms with E-state index in [1.165, 1.54) is 19.0 Å². The average molecular weight is 310 g/mol. The number of carbonyl (C=O) groups is 3. The van der Waals surface area contributed by atoms with E-state index in [1.807, 2.05) is 0 Å². The van der Waals surface area contributed by atoms with Crippen LogP contribution < -0.4 is 11.3 Å². The maximum absolute atomic E-state index is 12.1. The number of nitrogens with two attached hydrogens (primary N) is 1. The predicted octanol–water partition coefficient (Wildman–Crippen LogP) is -0.707. The summed E-state index contributed by atoms with van der Waals surface area (Å²) in [5, 5.41) is 3.80. The van der Waals surface area contributed by atoms with Gasteiger partial charge in [0.25, 0.3) is 11.5 Å². The topological polar surface area (TPSA) is 125 Å². The first-order valence-corrected chi connectivity index (χ1v) is 6.49. The Balaban J connectivity index is 3.25. The fraction of sp³-hybridized carbons (Fsp3) is 0.462. The van der Waals surface area contributed by atoms with Gasteiger partial charge in [0, 0.05) is 20.6 Å². The SMILES string of the molecule is CCn1nc(C(=O)OCC(=O)N(C)C)c(C(C)=O)c(N)c1=O. The summed E-state index contributed by atoms with van der Waals surface area (Å²) in [5.41, 5.74) is 3.93. The lowest BCUT2D eigenvalue weighted by Gasteiger charge is -2.13. The molecule has 0 fully saturated rings. The molecule has 1 rings (SSSR count). The van der Waals surface area contributed by atoms with Crippen LogP contribution in [-0.2, 0) is 16.1 Å². The van der Waals surface area contributed by atoms with E-state index in [0.717, 1.165) is 11.6 Å². The molecule has 1 heterocycles. The van der Waals surface area contributed by atoms with Gasteiger partial charge in [-0.05, 0) is 13.8 Å². The van der Waals surface area contributed by atoms with Gasteiger partial charge in [-0.1, -0.05) is 0 Å². The fourth-order valence-electron chi connectivity index (χ4n) is 1.63. The predicted molar refractivity (Wildman–Crippen MR) is 77.6 cm³/mol. The molecule has 1 aromatic rings. The number of aryl methyl sites for hydroxylation is 1. The molecule has 120 valence electrons. The summed E-state index contributed by atoms with van der Waals surface area (Å²) in [5.74, 6) is -2.01. The van der Waals surface area contributed by atoms with E-state index >= 15 is 0 Å². The number of rotatable bonds is 5. The number of ketones is 1. The van der Waals surface area contributed by atoms with Gasteiger partial charge in [0.15, 0.2) is 18.1 Å². The summed E-state index contributed by atoms with van der Waals surface area (Å²) < 4.78 is 5.77. The minimum absolute atomic E-state index is 0.165. The second-order valence-electron chi connectivity index (χ2n) is 4.68. The van der Waals surface area contributed by atoms with Gasteiger partial charge >= 0.3 is 5.97 Å². The lowest BCUT2D eigenvalue weighted by Crippen LogP contribution is -2.32. The third-order valence-corrected chi connectivity index (χ3v) is 2.86. The van der Waals surface area contributed by atoms with Gasteiger partial charge in [-0.15, -0.1) is 0 Å². The van der Waals surface area contributed by atoms with Gasteiger partial charge in [0.1, 0.15) is 5.69 Å². The second kappa shape index (κ2) is 6.83. The van der Waals surface area contributed by atoms with E-state index in [2.05, 4.69) is 5.10 Å². The Bertz CT molecular complexity index is 678. The van der Waals surface area contributed by atoms with Crippen LogP contribution in [0, 0.1) is 0 Å². The number of amides is 1. The molecule has 1 amide bonds. The Kier molecular flexibility index (Phi) is 5.39. The van der Waals surface area contributed by atoms with Gasteiger partial charge in [0.05, 0.1) is 5.56 Å². The third-order valence-electron chi connectivity index (χ3n) is 2.86. The number of Topliss-reactive ketones (excluding diaryl/α,β-unsaturated/α-hetero) is 1. The van der Waals surface area contributed by atoms with Crippen molar-refractivity contribution >= 4 is 23.3 Å². The first-order valence-electron chi connectivity index (χ1n) is 6.49. The summed E-state index contributed by atoms with van der Waals surface area (Å²) in [4.78, 5) is 48.2. The van der Waals surface area contributed by atoms with Gasteiger partial charge in [0.2, 0.25) is 0 Å². The van der Waals surface area contributed by atoms with E-state index in [1.54, 1.807) is 6.92 Å². The normalized spacial score (nSPS) is 10.2. The van der Waals surface area contributed by atoms with E-state index in [-0.39, 0.29) is 23.5 Å². The zero-order valence-electron chi connectivity index (χ0n) is 12.9. The van der Waals surface area contributed by atoms with Crippen LogP contribution in [0.3, 0.4) is 0 Å². The number of anilines is 1. The van der Waals surface area contributed by atoms with Crippen molar-refractivity contribution in [2.24, 2.45) is 0 Å². The van der Waals surface area contributed by atoms with Gasteiger partial charge < -0.3 is 15.4 Å². The van der Waals surface area contributed by atoms with E-state index in [9.17, 15) is 19.2 Å². The molecule has 22 heavy (non-hydrogen) atoms. The molecule has 0 radical (unpaired) electrons. The zero-order valence-corrected chi connectivity index (χ0v) is 12.9. The monoisotopic (exact) mass is 310 g/mol. The molecule has 0 aliphatic heterocycles. The number of hydrogen-bond acceptors (Lipinski definition) is 7. The first-order chi connectivity index (χ1) is 10.2. The van der Waals surface area contributed by atoms with Crippen LogP contribution in [0.5, 0.6) is 0 Å². The Morgan fingerprint density at radius 1 is 1.32 bits per heavy atom. The number of nitrogen functional groups attached to an aromatic ring is 1. The van der Waals surface area contributed by atoms with E-state index in [4.69, 9.17) is 10.5 Å². The molecule has 9 heteroatoms. The highest BCUT2D eigenvalue weighted by atomic mass is 16.5. The van der Waals surface area contributed by atoms with Crippen LogP contribution in [0.25, 0.3) is 0 Å². The minimum atomic E-state index is -0.991. The van der Waals surface area contributed by atoms with Gasteiger partial charge in [-0.3, -0.25) is 14.4 Å². The number of nitrogens with zero attached hydrogens (tertiary/aromatic N) is 3. The van der Waals surface area contributed by atoms with Crippen LogP contribution in [-0.4, -0.2) is 53.0 Å². The Hall–Kier alpha value is -2.71. The number of likely N-dealkylation sites (N-methyl/N-ethyl adjacent to an activating group) is 1. The Morgan fingerprint density at radius 3 is 2.36 bits per heavy atom. The summed E-state index contributed by atoms with van der Waals surface area (Å²) in [6.07, 6.45) is 0. The molecule has 2 N–H and O–H groups in total. The number of ether oxygens (including phenoxy) is 1. The van der Waals surface area contributed by atoms with E-state index in [0.29, 0.717) is 0 Å². The van der Waals surface area contributed by atoms with Crippen molar-refractivity contribution in [3.8, 4) is 0 Å². The molecule has 0 saturated heterocycles. The van der Waals surface area contributed by atoms with Crippen LogP contribution in [0.2, 0.25) is 0 Å². The second-order valence-corrected chi connectivity index (χ2v) is 4.68. The largest absolute Gasteiger partial charge is 0.451 e. The molecule has 0 atom stereocenters. The summed E-state index contributed by atoms with van der Waals surface area (Å²) >= 11 is 0. The van der Waals surface area contributed by atoms with Crippen molar-refractivity contribution < 1.29 is 19.1 Å². The molecular formula is C13H18N4O5. The maximum atomic E-state index is 12.1. The molecule has 1 aromatic heterocycles. The van der Waals surface area contributed by atoms with Gasteiger partial charge in [-0.2, -0.15) is 5.10 Å². The lowest BCUT2D eigenvalue weighted by molar-refractivity contribution is -0.131. The fourth-order valence-corrected chi connectivity index (χ4v) is 1.63. The average Bonchev–Trinajstić information content (AvgIpc) is 2.46. The highest BCUT2D eigenvalue weighted by Crippen LogP contribution is 2.13. The summed E-state index contributed by atoms with van der Waals surface area (Å²) in [6, 6.07) is 0. The van der Waals surface area contributed by atoms with E-state index < -0.39 is 29.8 Å². The highest BCUT2D eigenvalue weighted by Gasteiger charge is 2.25. The van der Waals surface area contributed by atoms with Crippen LogP contribution >= 0.6 is 0 Å². The van der Waals surface area contributed by atoms with Gasteiger partial charge in [-0.25, -0.2) is 9.48 Å². The highest BCUT2D eigenvalue weighted by molar-refractivity contribution is 6.07. The quantitative estimate of drug-likeness (QED) is 0.562. The first kappa shape index (κ1) is 17.3. The summed E-state index contributed by atoms with van der Waals surface area (Å²) in [7, 11) is 3.01. The molecule has 0 unspecified atom stereocenters. The molecule has 9 nitrogen and oxygen atoms in total. The van der Waals surface area contributed by atoms with Crippen molar-refractivity contribution in [1.82, 2.24) is 14.7 Å². The standard InChI is InChI=1S/C13H18N4O5/c1-5-17-12(20)10(14)9(7(2)18)11(15-17)13(21)22-6-8(19)16(3)4/h5-6,14H2,1-4H3.